The molecule has 6 heteroatoms. The van der Waals surface area contributed by atoms with Crippen molar-refractivity contribution in [3.05, 3.63) is 30.1 Å². The first-order valence-corrected chi connectivity index (χ1v) is 6.40. The van der Waals surface area contributed by atoms with Crippen LogP contribution >= 0.6 is 0 Å². The van der Waals surface area contributed by atoms with Crippen molar-refractivity contribution in [3.8, 4) is 5.75 Å². The summed E-state index contributed by atoms with van der Waals surface area (Å²) in [6.07, 6.45) is -0.0292. The zero-order valence-electron chi connectivity index (χ0n) is 11.4. The number of aliphatic carboxylic acids is 1. The molecule has 1 aromatic rings. The van der Waals surface area contributed by atoms with Crippen molar-refractivity contribution in [2.24, 2.45) is 0 Å². The zero-order chi connectivity index (χ0) is 15.1. The third-order valence-electron chi connectivity index (χ3n) is 2.70. The quantitative estimate of drug-likeness (QED) is 0.802. The number of carboxylic acids is 1. The van der Waals surface area contributed by atoms with E-state index in [1.807, 2.05) is 6.92 Å². The van der Waals surface area contributed by atoms with E-state index in [0.29, 0.717) is 12.8 Å². The van der Waals surface area contributed by atoms with Gasteiger partial charge in [-0.3, -0.25) is 4.79 Å². The molecule has 1 amide bonds. The second-order valence-corrected chi connectivity index (χ2v) is 4.38. The summed E-state index contributed by atoms with van der Waals surface area (Å²) >= 11 is 0. The van der Waals surface area contributed by atoms with Crippen LogP contribution in [-0.2, 0) is 9.59 Å². The summed E-state index contributed by atoms with van der Waals surface area (Å²) in [4.78, 5) is 22.8. The van der Waals surface area contributed by atoms with Crippen LogP contribution in [0.1, 0.15) is 26.7 Å². The van der Waals surface area contributed by atoms with Gasteiger partial charge in [0.2, 0.25) is 0 Å². The van der Waals surface area contributed by atoms with E-state index < -0.39 is 29.8 Å². The van der Waals surface area contributed by atoms with Gasteiger partial charge in [-0.2, -0.15) is 0 Å². The van der Waals surface area contributed by atoms with Crippen molar-refractivity contribution < 1.29 is 23.8 Å². The van der Waals surface area contributed by atoms with Gasteiger partial charge in [-0.25, -0.2) is 9.18 Å². The van der Waals surface area contributed by atoms with Gasteiger partial charge in [-0.1, -0.05) is 25.5 Å². The second-order valence-electron chi connectivity index (χ2n) is 4.38. The van der Waals surface area contributed by atoms with Crippen LogP contribution in [0.5, 0.6) is 5.75 Å². The Hall–Kier alpha value is -2.11. The van der Waals surface area contributed by atoms with Crippen LogP contribution in [0.3, 0.4) is 0 Å². The van der Waals surface area contributed by atoms with Gasteiger partial charge >= 0.3 is 5.97 Å². The smallest absolute Gasteiger partial charge is 0.326 e. The molecular formula is C14H18FNO4. The minimum absolute atomic E-state index is 0.0440. The molecule has 2 N–H and O–H groups in total. The number of carbonyl (C=O) groups is 2. The van der Waals surface area contributed by atoms with Gasteiger partial charge < -0.3 is 15.2 Å². The molecule has 0 radical (unpaired) electrons. The predicted octanol–water partition coefficient (Wildman–Crippen LogP) is 1.96. The SMILES string of the molecule is CCC[C@H](NC(=O)C(C)Oc1ccccc1F)C(=O)O. The number of benzene rings is 1. The Morgan fingerprint density at radius 1 is 1.40 bits per heavy atom. The molecule has 1 aromatic carbocycles. The van der Waals surface area contributed by atoms with Crippen molar-refractivity contribution in [1.82, 2.24) is 5.32 Å². The number of carbonyl (C=O) groups excluding carboxylic acids is 1. The lowest BCUT2D eigenvalue weighted by Gasteiger charge is -2.18. The molecule has 0 spiro atoms. The van der Waals surface area contributed by atoms with Gasteiger partial charge in [0.25, 0.3) is 5.91 Å². The number of rotatable bonds is 7. The second kappa shape index (κ2) is 7.47. The Morgan fingerprint density at radius 2 is 2.05 bits per heavy atom. The maximum Gasteiger partial charge on any atom is 0.326 e. The molecule has 0 heterocycles. The molecule has 1 unspecified atom stereocenters. The molecule has 0 aliphatic heterocycles. The van der Waals surface area contributed by atoms with Gasteiger partial charge in [-0.15, -0.1) is 0 Å². The molecular weight excluding hydrogens is 265 g/mol. The van der Waals surface area contributed by atoms with Crippen LogP contribution in [0.2, 0.25) is 0 Å². The van der Waals surface area contributed by atoms with Gasteiger partial charge in [0.05, 0.1) is 0 Å². The van der Waals surface area contributed by atoms with Gasteiger partial charge in [0.1, 0.15) is 6.04 Å². The highest BCUT2D eigenvalue weighted by Gasteiger charge is 2.23. The molecule has 0 aliphatic rings. The number of amides is 1. The fourth-order valence-electron chi connectivity index (χ4n) is 1.62. The fourth-order valence-corrected chi connectivity index (χ4v) is 1.62. The monoisotopic (exact) mass is 283 g/mol. The highest BCUT2D eigenvalue weighted by Crippen LogP contribution is 2.17. The van der Waals surface area contributed by atoms with E-state index in [9.17, 15) is 14.0 Å². The zero-order valence-corrected chi connectivity index (χ0v) is 11.4. The highest BCUT2D eigenvalue weighted by molar-refractivity contribution is 5.86. The molecule has 2 atom stereocenters. The number of ether oxygens (including phenoxy) is 1. The molecule has 0 fully saturated rings. The third-order valence-corrected chi connectivity index (χ3v) is 2.70. The molecule has 0 bridgehead atoms. The van der Waals surface area contributed by atoms with Crippen molar-refractivity contribution in [2.75, 3.05) is 0 Å². The Bertz CT molecular complexity index is 478. The van der Waals surface area contributed by atoms with E-state index in [-0.39, 0.29) is 5.75 Å². The van der Waals surface area contributed by atoms with Crippen LogP contribution in [0.15, 0.2) is 24.3 Å². The predicted molar refractivity (Wildman–Crippen MR) is 71.0 cm³/mol. The third kappa shape index (κ3) is 4.53. The van der Waals surface area contributed by atoms with Crippen LogP contribution in [0, 0.1) is 5.82 Å². The lowest BCUT2D eigenvalue weighted by molar-refractivity contribution is -0.143. The highest BCUT2D eigenvalue weighted by atomic mass is 19.1. The summed E-state index contributed by atoms with van der Waals surface area (Å²) in [5.74, 6) is -2.31. The first-order valence-electron chi connectivity index (χ1n) is 6.40. The number of para-hydroxylation sites is 1. The maximum atomic E-state index is 13.4. The van der Waals surface area contributed by atoms with Gasteiger partial charge in [0.15, 0.2) is 17.7 Å². The van der Waals surface area contributed by atoms with Gasteiger partial charge in [0, 0.05) is 0 Å². The van der Waals surface area contributed by atoms with Crippen molar-refractivity contribution in [2.45, 2.75) is 38.8 Å². The Balaban J connectivity index is 2.63. The normalized spacial score (nSPS) is 13.3. The van der Waals surface area contributed by atoms with Gasteiger partial charge in [-0.05, 0) is 25.5 Å². The maximum absolute atomic E-state index is 13.4. The average molecular weight is 283 g/mol. The molecule has 0 aromatic heterocycles. The first-order chi connectivity index (χ1) is 9.45. The molecule has 5 nitrogen and oxygen atoms in total. The fraction of sp³-hybridized carbons (Fsp3) is 0.429. The number of hydrogen-bond acceptors (Lipinski definition) is 3. The summed E-state index contributed by atoms with van der Waals surface area (Å²) < 4.78 is 18.6. The summed E-state index contributed by atoms with van der Waals surface area (Å²) in [5, 5.41) is 11.3. The van der Waals surface area contributed by atoms with E-state index in [0.717, 1.165) is 0 Å². The number of carboxylic acid groups (broad SMARTS) is 1. The summed E-state index contributed by atoms with van der Waals surface area (Å²) in [7, 11) is 0. The number of halogens is 1. The summed E-state index contributed by atoms with van der Waals surface area (Å²) in [5.41, 5.74) is 0. The molecule has 0 saturated heterocycles. The lowest BCUT2D eigenvalue weighted by atomic mass is 10.1. The van der Waals surface area contributed by atoms with E-state index in [4.69, 9.17) is 9.84 Å². The Kier molecular flexibility index (Phi) is 5.96. The Morgan fingerprint density at radius 3 is 2.60 bits per heavy atom. The standard InChI is InChI=1S/C14H18FNO4/c1-3-6-11(14(18)19)16-13(17)9(2)20-12-8-5-4-7-10(12)15/h4-5,7-9,11H,3,6H2,1-2H3,(H,16,17)(H,18,19)/t9?,11-/m0/s1. The van der Waals surface area contributed by atoms with Crippen LogP contribution < -0.4 is 10.1 Å². The molecule has 0 aliphatic carbocycles. The molecule has 0 saturated carbocycles. The van der Waals surface area contributed by atoms with Crippen LogP contribution in [0.25, 0.3) is 0 Å². The number of nitrogens with one attached hydrogen (secondary N) is 1. The van der Waals surface area contributed by atoms with E-state index >= 15 is 0 Å². The topological polar surface area (TPSA) is 75.6 Å². The van der Waals surface area contributed by atoms with E-state index in [2.05, 4.69) is 5.32 Å². The van der Waals surface area contributed by atoms with E-state index in [1.54, 1.807) is 6.07 Å². The molecule has 1 rings (SSSR count). The van der Waals surface area contributed by atoms with E-state index in [1.165, 1.54) is 25.1 Å². The Labute approximate surface area is 116 Å². The minimum Gasteiger partial charge on any atom is -0.480 e. The largest absolute Gasteiger partial charge is 0.480 e. The molecule has 110 valence electrons. The molecule has 20 heavy (non-hydrogen) atoms. The summed E-state index contributed by atoms with van der Waals surface area (Å²) in [6.45, 7) is 3.26. The average Bonchev–Trinajstić information content (AvgIpc) is 2.40. The van der Waals surface area contributed by atoms with Crippen LogP contribution in [-0.4, -0.2) is 29.1 Å². The number of hydrogen-bond donors (Lipinski definition) is 2. The van der Waals surface area contributed by atoms with Crippen LogP contribution in [0.4, 0.5) is 4.39 Å². The summed E-state index contributed by atoms with van der Waals surface area (Å²) in [6, 6.07) is 4.75. The minimum atomic E-state index is -1.10. The first kappa shape index (κ1) is 15.9. The van der Waals surface area contributed by atoms with Crippen molar-refractivity contribution in [3.63, 3.8) is 0 Å². The van der Waals surface area contributed by atoms with Crippen molar-refractivity contribution in [1.29, 1.82) is 0 Å². The van der Waals surface area contributed by atoms with Crippen molar-refractivity contribution >= 4 is 11.9 Å². The lowest BCUT2D eigenvalue weighted by Crippen LogP contribution is -2.46.